The lowest BCUT2D eigenvalue weighted by molar-refractivity contribution is -0.116. The van der Waals surface area contributed by atoms with E-state index in [2.05, 4.69) is 15.3 Å². The van der Waals surface area contributed by atoms with Gasteiger partial charge in [-0.05, 0) is 36.2 Å². The van der Waals surface area contributed by atoms with Crippen molar-refractivity contribution in [3.8, 4) is 0 Å². The zero-order valence-electron chi connectivity index (χ0n) is 12.1. The number of anilines is 1. The molecule has 2 aromatic heterocycles. The number of pyridine rings is 1. The maximum absolute atomic E-state index is 12.1. The first-order valence-corrected chi connectivity index (χ1v) is 7.32. The third-order valence-electron chi connectivity index (χ3n) is 3.46. The zero-order valence-corrected chi connectivity index (χ0v) is 12.8. The van der Waals surface area contributed by atoms with Gasteiger partial charge in [0.15, 0.2) is 0 Å². The normalized spacial score (nSPS) is 10.8. The van der Waals surface area contributed by atoms with E-state index in [0.29, 0.717) is 23.8 Å². The quantitative estimate of drug-likeness (QED) is 0.804. The number of amides is 1. The molecule has 1 N–H and O–H groups in total. The van der Waals surface area contributed by atoms with Crippen molar-refractivity contribution < 1.29 is 4.79 Å². The number of imidazole rings is 1. The minimum Gasteiger partial charge on any atom is -0.313 e. The van der Waals surface area contributed by atoms with Crippen molar-refractivity contribution in [1.29, 1.82) is 0 Å². The molecule has 0 aliphatic rings. The fourth-order valence-corrected chi connectivity index (χ4v) is 2.44. The summed E-state index contributed by atoms with van der Waals surface area (Å²) in [6.45, 7) is 0. The summed E-state index contributed by atoms with van der Waals surface area (Å²) in [6.07, 6.45) is 4.52. The average molecular weight is 315 g/mol. The highest BCUT2D eigenvalue weighted by Crippen LogP contribution is 2.21. The van der Waals surface area contributed by atoms with Crippen molar-refractivity contribution in [2.24, 2.45) is 7.05 Å². The summed E-state index contributed by atoms with van der Waals surface area (Å²) in [5.74, 6) is 0.446. The lowest BCUT2D eigenvalue weighted by Crippen LogP contribution is -2.15. The van der Waals surface area contributed by atoms with Crippen molar-refractivity contribution in [3.05, 3.63) is 53.3 Å². The Bertz CT molecular complexity index is 814. The van der Waals surface area contributed by atoms with Crippen LogP contribution in [0.4, 0.5) is 5.95 Å². The van der Waals surface area contributed by atoms with Gasteiger partial charge in [-0.25, -0.2) is 4.98 Å². The molecule has 1 aromatic carbocycles. The van der Waals surface area contributed by atoms with E-state index in [0.717, 1.165) is 16.6 Å². The number of hydrogen-bond acceptors (Lipinski definition) is 3. The second-order valence-corrected chi connectivity index (χ2v) is 5.47. The summed E-state index contributed by atoms with van der Waals surface area (Å²) in [5.41, 5.74) is 2.72. The van der Waals surface area contributed by atoms with Crippen LogP contribution in [0.25, 0.3) is 11.0 Å². The number of rotatable bonds is 4. The largest absolute Gasteiger partial charge is 0.313 e. The highest BCUT2D eigenvalue weighted by Gasteiger charge is 2.11. The molecule has 0 aliphatic carbocycles. The Balaban J connectivity index is 1.70. The number of benzene rings is 1. The van der Waals surface area contributed by atoms with E-state index in [-0.39, 0.29) is 5.91 Å². The van der Waals surface area contributed by atoms with Crippen LogP contribution in [-0.2, 0) is 18.3 Å². The smallest absolute Gasteiger partial charge is 0.227 e. The lowest BCUT2D eigenvalue weighted by atomic mass is 10.1. The molecule has 0 aliphatic heterocycles. The highest BCUT2D eigenvalue weighted by atomic mass is 35.5. The Morgan fingerprint density at radius 3 is 3.00 bits per heavy atom. The molecule has 1 amide bonds. The van der Waals surface area contributed by atoms with Gasteiger partial charge in [0.2, 0.25) is 11.9 Å². The fourth-order valence-electron chi connectivity index (χ4n) is 2.28. The first kappa shape index (κ1) is 14.5. The van der Waals surface area contributed by atoms with Crippen molar-refractivity contribution in [2.45, 2.75) is 12.8 Å². The van der Waals surface area contributed by atoms with Gasteiger partial charge in [-0.2, -0.15) is 0 Å². The number of hydrogen-bond donors (Lipinski definition) is 1. The third kappa shape index (κ3) is 3.09. The van der Waals surface area contributed by atoms with E-state index in [1.165, 1.54) is 0 Å². The van der Waals surface area contributed by atoms with Crippen LogP contribution in [0.1, 0.15) is 12.0 Å². The number of nitrogens with zero attached hydrogens (tertiary/aromatic N) is 3. The second-order valence-electron chi connectivity index (χ2n) is 5.04. The number of nitrogens with one attached hydrogen (secondary N) is 1. The van der Waals surface area contributed by atoms with E-state index >= 15 is 0 Å². The fraction of sp³-hybridized carbons (Fsp3) is 0.188. The Kier molecular flexibility index (Phi) is 4.06. The minimum absolute atomic E-state index is 0.0756. The molecule has 6 heteroatoms. The SMILES string of the molecule is Cn1c(NC(=O)CCc2cccnc2)nc2cc(Cl)ccc21. The molecule has 0 spiro atoms. The molecular weight excluding hydrogens is 300 g/mol. The van der Waals surface area contributed by atoms with Crippen LogP contribution in [0, 0.1) is 0 Å². The molecule has 3 rings (SSSR count). The second kappa shape index (κ2) is 6.15. The molecule has 0 radical (unpaired) electrons. The maximum Gasteiger partial charge on any atom is 0.227 e. The molecule has 0 atom stereocenters. The molecule has 0 saturated carbocycles. The minimum atomic E-state index is -0.0756. The summed E-state index contributed by atoms with van der Waals surface area (Å²) in [6, 6.07) is 9.29. The first-order chi connectivity index (χ1) is 10.6. The molecule has 2 heterocycles. The van der Waals surface area contributed by atoms with Crippen molar-refractivity contribution in [2.75, 3.05) is 5.32 Å². The summed E-state index contributed by atoms with van der Waals surface area (Å²) in [7, 11) is 1.86. The van der Waals surface area contributed by atoms with Gasteiger partial charge in [-0.3, -0.25) is 15.1 Å². The number of carbonyl (C=O) groups excluding carboxylic acids is 1. The molecule has 0 bridgehead atoms. The van der Waals surface area contributed by atoms with Crippen LogP contribution in [0.3, 0.4) is 0 Å². The molecule has 3 aromatic rings. The third-order valence-corrected chi connectivity index (χ3v) is 3.69. The van der Waals surface area contributed by atoms with Crippen LogP contribution >= 0.6 is 11.6 Å². The average Bonchev–Trinajstić information content (AvgIpc) is 2.82. The van der Waals surface area contributed by atoms with Gasteiger partial charge < -0.3 is 4.57 Å². The number of halogens is 1. The summed E-state index contributed by atoms with van der Waals surface area (Å²) in [5, 5.41) is 3.46. The van der Waals surface area contributed by atoms with Gasteiger partial charge in [-0.15, -0.1) is 0 Å². The van der Waals surface area contributed by atoms with Crippen LogP contribution in [0.5, 0.6) is 0 Å². The predicted molar refractivity (Wildman–Crippen MR) is 86.9 cm³/mol. The van der Waals surface area contributed by atoms with Crippen molar-refractivity contribution >= 4 is 34.5 Å². The molecule has 0 saturated heterocycles. The molecule has 22 heavy (non-hydrogen) atoms. The van der Waals surface area contributed by atoms with Gasteiger partial charge in [0.1, 0.15) is 0 Å². The van der Waals surface area contributed by atoms with Crippen LogP contribution in [0.15, 0.2) is 42.7 Å². The van der Waals surface area contributed by atoms with Gasteiger partial charge >= 0.3 is 0 Å². The van der Waals surface area contributed by atoms with Gasteiger partial charge in [0, 0.05) is 30.9 Å². The number of aromatic nitrogens is 3. The van der Waals surface area contributed by atoms with Gasteiger partial charge in [0.05, 0.1) is 11.0 Å². The van der Waals surface area contributed by atoms with Gasteiger partial charge in [-0.1, -0.05) is 17.7 Å². The molecule has 112 valence electrons. The Morgan fingerprint density at radius 1 is 1.36 bits per heavy atom. The van der Waals surface area contributed by atoms with Crippen LogP contribution < -0.4 is 5.32 Å². The van der Waals surface area contributed by atoms with Crippen LogP contribution in [-0.4, -0.2) is 20.4 Å². The van der Waals surface area contributed by atoms with E-state index < -0.39 is 0 Å². The number of carbonyl (C=O) groups is 1. The first-order valence-electron chi connectivity index (χ1n) is 6.94. The zero-order chi connectivity index (χ0) is 15.5. The molecule has 5 nitrogen and oxygen atoms in total. The Morgan fingerprint density at radius 2 is 2.23 bits per heavy atom. The summed E-state index contributed by atoms with van der Waals surface area (Å²) >= 11 is 5.96. The van der Waals surface area contributed by atoms with E-state index in [9.17, 15) is 4.79 Å². The Hall–Kier alpha value is -2.40. The monoisotopic (exact) mass is 314 g/mol. The van der Waals surface area contributed by atoms with Crippen molar-refractivity contribution in [3.63, 3.8) is 0 Å². The van der Waals surface area contributed by atoms with E-state index in [1.807, 2.05) is 29.8 Å². The lowest BCUT2D eigenvalue weighted by Gasteiger charge is -2.05. The van der Waals surface area contributed by atoms with E-state index in [1.54, 1.807) is 24.5 Å². The highest BCUT2D eigenvalue weighted by molar-refractivity contribution is 6.31. The molecular formula is C16H15ClN4O. The summed E-state index contributed by atoms with van der Waals surface area (Å²) in [4.78, 5) is 20.5. The van der Waals surface area contributed by atoms with Crippen LogP contribution in [0.2, 0.25) is 5.02 Å². The molecule has 0 unspecified atom stereocenters. The number of fused-ring (bicyclic) bond motifs is 1. The van der Waals surface area contributed by atoms with Gasteiger partial charge in [0.25, 0.3) is 0 Å². The number of aryl methyl sites for hydroxylation is 2. The maximum atomic E-state index is 12.1. The summed E-state index contributed by atoms with van der Waals surface area (Å²) < 4.78 is 1.84. The standard InChI is InChI=1S/C16H15ClN4O/c1-21-14-6-5-12(17)9-13(14)19-16(21)20-15(22)7-4-11-3-2-8-18-10-11/h2-3,5-6,8-10H,4,7H2,1H3,(H,19,20,22). The van der Waals surface area contributed by atoms with Crippen molar-refractivity contribution in [1.82, 2.24) is 14.5 Å². The van der Waals surface area contributed by atoms with E-state index in [4.69, 9.17) is 11.6 Å². The Labute approximate surface area is 133 Å². The molecule has 0 fully saturated rings. The predicted octanol–water partition coefficient (Wildman–Crippen LogP) is 3.19. The topological polar surface area (TPSA) is 59.8 Å².